The number of amides is 3. The number of carbonyl (C=O) groups is 4. The van der Waals surface area contributed by atoms with Gasteiger partial charge >= 0.3 is 5.97 Å². The molecule has 7 nitrogen and oxygen atoms in total. The largest absolute Gasteiger partial charge is 0.480 e. The number of carboxylic acids is 1. The first-order valence-corrected chi connectivity index (χ1v) is 8.08. The number of rotatable bonds is 6. The van der Waals surface area contributed by atoms with E-state index in [1.807, 2.05) is 0 Å². The molecule has 1 aromatic carbocycles. The number of halogens is 1. The molecule has 2 N–H and O–H groups in total. The van der Waals surface area contributed by atoms with Crippen LogP contribution in [-0.4, -0.2) is 45.8 Å². The number of imide groups is 1. The fourth-order valence-electron chi connectivity index (χ4n) is 2.25. The Kier molecular flexibility index (Phi) is 5.55. The summed E-state index contributed by atoms with van der Waals surface area (Å²) < 4.78 is 13.3. The van der Waals surface area contributed by atoms with Crippen LogP contribution in [0.1, 0.15) is 13.3 Å². The van der Waals surface area contributed by atoms with Gasteiger partial charge in [-0.1, -0.05) is 6.07 Å². The third-order valence-electron chi connectivity index (χ3n) is 3.31. The van der Waals surface area contributed by atoms with Crippen LogP contribution in [0.3, 0.4) is 0 Å². The highest BCUT2D eigenvalue weighted by molar-refractivity contribution is 8.00. The first kappa shape index (κ1) is 17.9. The van der Waals surface area contributed by atoms with Crippen LogP contribution in [0.25, 0.3) is 0 Å². The van der Waals surface area contributed by atoms with E-state index >= 15 is 0 Å². The summed E-state index contributed by atoms with van der Waals surface area (Å²) in [5.74, 6) is -3.36. The van der Waals surface area contributed by atoms with Crippen LogP contribution in [0, 0.1) is 5.82 Å². The predicted octanol–water partition coefficient (Wildman–Crippen LogP) is 0.780. The average molecular weight is 354 g/mol. The smallest absolute Gasteiger partial charge is 0.327 e. The zero-order valence-corrected chi connectivity index (χ0v) is 13.5. The number of hydrogen-bond acceptors (Lipinski definition) is 5. The van der Waals surface area contributed by atoms with Gasteiger partial charge in [0.1, 0.15) is 11.9 Å². The normalized spacial score (nSPS) is 18.6. The van der Waals surface area contributed by atoms with Crippen LogP contribution in [-0.2, 0) is 19.2 Å². The van der Waals surface area contributed by atoms with Gasteiger partial charge in [0.25, 0.3) is 0 Å². The Morgan fingerprint density at radius 3 is 2.75 bits per heavy atom. The third kappa shape index (κ3) is 4.10. The summed E-state index contributed by atoms with van der Waals surface area (Å²) >= 11 is 0.976. The molecule has 1 aliphatic heterocycles. The first-order valence-electron chi connectivity index (χ1n) is 7.03. The lowest BCUT2D eigenvalue weighted by molar-refractivity contribution is -0.140. The number of carbonyl (C=O) groups excluding carboxylic acids is 3. The minimum absolute atomic E-state index is 0.0599. The summed E-state index contributed by atoms with van der Waals surface area (Å²) in [4.78, 5) is 47.4. The molecule has 24 heavy (non-hydrogen) atoms. The van der Waals surface area contributed by atoms with E-state index in [1.165, 1.54) is 25.1 Å². The van der Waals surface area contributed by atoms with Gasteiger partial charge in [-0.05, 0) is 18.2 Å². The molecule has 0 aromatic heterocycles. The fraction of sp³-hybridized carbons (Fsp3) is 0.333. The highest BCUT2D eigenvalue weighted by Crippen LogP contribution is 2.30. The summed E-state index contributed by atoms with van der Waals surface area (Å²) in [6.45, 7) is 1.19. The number of benzene rings is 1. The Morgan fingerprint density at radius 1 is 1.46 bits per heavy atom. The van der Waals surface area contributed by atoms with E-state index in [4.69, 9.17) is 5.11 Å². The fourth-order valence-corrected chi connectivity index (χ4v) is 3.41. The van der Waals surface area contributed by atoms with E-state index in [9.17, 15) is 23.6 Å². The lowest BCUT2D eigenvalue weighted by atomic mass is 10.3. The molecule has 0 bridgehead atoms. The highest BCUT2D eigenvalue weighted by atomic mass is 32.2. The first-order chi connectivity index (χ1) is 11.3. The second kappa shape index (κ2) is 7.43. The van der Waals surface area contributed by atoms with Crippen molar-refractivity contribution in [3.63, 3.8) is 0 Å². The van der Waals surface area contributed by atoms with Crippen molar-refractivity contribution in [2.45, 2.75) is 24.6 Å². The molecule has 1 aliphatic rings. The van der Waals surface area contributed by atoms with Gasteiger partial charge in [-0.3, -0.25) is 14.4 Å². The zero-order valence-electron chi connectivity index (χ0n) is 12.7. The number of anilines is 1. The summed E-state index contributed by atoms with van der Waals surface area (Å²) in [6.07, 6.45) is -0.105. The molecule has 0 saturated carbocycles. The van der Waals surface area contributed by atoms with E-state index in [1.54, 1.807) is 0 Å². The van der Waals surface area contributed by atoms with Gasteiger partial charge in [0, 0.05) is 19.1 Å². The Labute approximate surface area is 141 Å². The molecule has 0 unspecified atom stereocenters. The Bertz CT molecular complexity index is 696. The third-order valence-corrected chi connectivity index (χ3v) is 4.61. The second-order valence-corrected chi connectivity index (χ2v) is 6.40. The van der Waals surface area contributed by atoms with Crippen molar-refractivity contribution < 1.29 is 28.7 Å². The molecule has 9 heteroatoms. The van der Waals surface area contributed by atoms with Gasteiger partial charge in [0.15, 0.2) is 0 Å². The van der Waals surface area contributed by atoms with Crippen molar-refractivity contribution in [3.8, 4) is 0 Å². The molecule has 1 fully saturated rings. The van der Waals surface area contributed by atoms with Gasteiger partial charge in [-0.25, -0.2) is 14.1 Å². The van der Waals surface area contributed by atoms with Crippen LogP contribution >= 0.6 is 11.8 Å². The zero-order chi connectivity index (χ0) is 17.9. The number of thioether (sulfide) groups is 1. The molecule has 0 spiro atoms. The van der Waals surface area contributed by atoms with E-state index < -0.39 is 40.8 Å². The molecule has 0 aliphatic carbocycles. The van der Waals surface area contributed by atoms with E-state index in [0.717, 1.165) is 22.7 Å². The van der Waals surface area contributed by atoms with Crippen molar-refractivity contribution in [3.05, 3.63) is 30.1 Å². The van der Waals surface area contributed by atoms with Crippen molar-refractivity contribution in [1.82, 2.24) is 5.32 Å². The molecule has 1 aromatic rings. The maximum Gasteiger partial charge on any atom is 0.327 e. The molecule has 2 rings (SSSR count). The van der Waals surface area contributed by atoms with Crippen molar-refractivity contribution in [2.75, 3.05) is 10.7 Å². The molecule has 1 saturated heterocycles. The predicted molar refractivity (Wildman–Crippen MR) is 85.0 cm³/mol. The number of nitrogens with one attached hydrogen (secondary N) is 1. The Morgan fingerprint density at radius 2 is 2.17 bits per heavy atom. The van der Waals surface area contributed by atoms with Crippen molar-refractivity contribution in [1.29, 1.82) is 0 Å². The molecule has 128 valence electrons. The van der Waals surface area contributed by atoms with Gasteiger partial charge in [0.05, 0.1) is 10.9 Å². The quantitative estimate of drug-likeness (QED) is 0.732. The molecule has 1 heterocycles. The van der Waals surface area contributed by atoms with Gasteiger partial charge in [0.2, 0.25) is 17.7 Å². The number of carboxylic acid groups (broad SMARTS) is 1. The SMILES string of the molecule is CC(=O)N[C@@H](CS[C@@H]1CC(=O)N(c2cccc(F)c2)C1=O)C(=O)O. The summed E-state index contributed by atoms with van der Waals surface area (Å²) in [5.41, 5.74) is 0.143. The molecule has 2 atom stereocenters. The van der Waals surface area contributed by atoms with E-state index in [0.29, 0.717) is 0 Å². The van der Waals surface area contributed by atoms with Crippen LogP contribution in [0.4, 0.5) is 10.1 Å². The summed E-state index contributed by atoms with van der Waals surface area (Å²) in [5, 5.41) is 10.5. The maximum absolute atomic E-state index is 13.3. The van der Waals surface area contributed by atoms with Gasteiger partial charge < -0.3 is 10.4 Å². The number of nitrogens with zero attached hydrogens (tertiary/aromatic N) is 1. The lowest BCUT2D eigenvalue weighted by Gasteiger charge is -2.16. The van der Waals surface area contributed by atoms with Crippen LogP contribution in [0.15, 0.2) is 24.3 Å². The Hall–Kier alpha value is -2.42. The minimum Gasteiger partial charge on any atom is -0.480 e. The molecule has 3 amide bonds. The van der Waals surface area contributed by atoms with E-state index in [2.05, 4.69) is 5.32 Å². The van der Waals surface area contributed by atoms with Crippen LogP contribution < -0.4 is 10.2 Å². The van der Waals surface area contributed by atoms with Gasteiger partial charge in [-0.15, -0.1) is 11.8 Å². The van der Waals surface area contributed by atoms with E-state index in [-0.39, 0.29) is 17.9 Å². The number of aliphatic carboxylic acids is 1. The second-order valence-electron chi connectivity index (χ2n) is 5.16. The molecular weight excluding hydrogens is 339 g/mol. The average Bonchev–Trinajstić information content (AvgIpc) is 2.77. The molecule has 0 radical (unpaired) electrons. The Balaban J connectivity index is 2.06. The van der Waals surface area contributed by atoms with Crippen LogP contribution in [0.2, 0.25) is 0 Å². The number of hydrogen-bond donors (Lipinski definition) is 2. The maximum atomic E-state index is 13.3. The minimum atomic E-state index is -1.23. The van der Waals surface area contributed by atoms with Crippen molar-refractivity contribution >= 4 is 41.1 Å². The summed E-state index contributed by atoms with van der Waals surface area (Å²) in [7, 11) is 0. The standard InChI is InChI=1S/C15H15FN2O5S/c1-8(19)17-11(15(22)23)7-24-12-6-13(20)18(14(12)21)10-4-2-3-9(16)5-10/h2-5,11-12H,6-7H2,1H3,(H,17,19)(H,22,23)/t11-,12+/m0/s1. The van der Waals surface area contributed by atoms with Crippen molar-refractivity contribution in [2.24, 2.45) is 0 Å². The topological polar surface area (TPSA) is 104 Å². The highest BCUT2D eigenvalue weighted by Gasteiger charge is 2.40. The monoisotopic (exact) mass is 354 g/mol. The van der Waals surface area contributed by atoms with Crippen LogP contribution in [0.5, 0.6) is 0 Å². The summed E-state index contributed by atoms with van der Waals surface area (Å²) in [6, 6.07) is 3.97. The van der Waals surface area contributed by atoms with Gasteiger partial charge in [-0.2, -0.15) is 0 Å². The lowest BCUT2D eigenvalue weighted by Crippen LogP contribution is -2.42. The molecular formula is C15H15FN2O5S.